The molecule has 8 heteroatoms. The number of hydrogen-bond acceptors (Lipinski definition) is 6. The van der Waals surface area contributed by atoms with Crippen molar-refractivity contribution in [1.82, 2.24) is 20.9 Å². The fourth-order valence-electron chi connectivity index (χ4n) is 3.32. The van der Waals surface area contributed by atoms with Gasteiger partial charge in [0.05, 0.1) is 17.6 Å². The van der Waals surface area contributed by atoms with Crippen molar-refractivity contribution in [3.8, 4) is 0 Å². The topological polar surface area (TPSA) is 93.7 Å². The third kappa shape index (κ3) is 3.99. The minimum Gasteiger partial charge on any atom is -0.480 e. The fraction of sp³-hybridized carbons (Fsp3) is 0.867. The molecule has 4 N–H and O–H groups in total. The Kier molecular flexibility index (Phi) is 5.94. The smallest absolute Gasteiger partial charge is 0.327 e. The lowest BCUT2D eigenvalue weighted by Gasteiger charge is -2.32. The van der Waals surface area contributed by atoms with E-state index >= 15 is 0 Å². The maximum absolute atomic E-state index is 12.9. The second-order valence-electron chi connectivity index (χ2n) is 6.94. The number of hydrogen-bond donors (Lipinski definition) is 4. The second kappa shape index (κ2) is 7.38. The van der Waals surface area contributed by atoms with Gasteiger partial charge in [0.15, 0.2) is 0 Å². The Balaban J connectivity index is 2.09. The highest BCUT2D eigenvalue weighted by Crippen LogP contribution is 2.46. The lowest BCUT2D eigenvalue weighted by molar-refractivity contribution is -0.152. The maximum atomic E-state index is 12.9. The van der Waals surface area contributed by atoms with Gasteiger partial charge in [-0.05, 0) is 38.0 Å². The molecule has 23 heavy (non-hydrogen) atoms. The van der Waals surface area contributed by atoms with Crippen LogP contribution in [0.5, 0.6) is 0 Å². The summed E-state index contributed by atoms with van der Waals surface area (Å²) in [5, 5.41) is 19.1. The predicted octanol–water partition coefficient (Wildman–Crippen LogP) is 0.232. The van der Waals surface area contributed by atoms with Crippen molar-refractivity contribution in [1.29, 1.82) is 0 Å². The van der Waals surface area contributed by atoms with Crippen LogP contribution >= 0.6 is 11.8 Å². The monoisotopic (exact) mass is 344 g/mol. The highest BCUT2D eigenvalue weighted by molar-refractivity contribution is 7.99. The molecule has 0 radical (unpaired) electrons. The lowest BCUT2D eigenvalue weighted by Crippen LogP contribution is -2.55. The first kappa shape index (κ1) is 18.5. The van der Waals surface area contributed by atoms with Crippen molar-refractivity contribution in [3.05, 3.63) is 0 Å². The van der Waals surface area contributed by atoms with Gasteiger partial charge < -0.3 is 15.3 Å². The summed E-state index contributed by atoms with van der Waals surface area (Å²) >= 11 is 1.70. The zero-order valence-corrected chi connectivity index (χ0v) is 15.1. The molecule has 0 aromatic carbocycles. The van der Waals surface area contributed by atoms with Crippen molar-refractivity contribution in [3.63, 3.8) is 0 Å². The number of amides is 1. The Morgan fingerprint density at radius 1 is 1.52 bits per heavy atom. The minimum absolute atomic E-state index is 0.0328. The number of rotatable bonds is 6. The number of aliphatic carboxylic acids is 1. The van der Waals surface area contributed by atoms with E-state index in [0.29, 0.717) is 6.67 Å². The van der Waals surface area contributed by atoms with Gasteiger partial charge in [0, 0.05) is 6.67 Å². The third-order valence-corrected chi connectivity index (χ3v) is 5.97. The SMILES string of the molecule is CN[C@@H](C)NCNC1CCSC2CC(C)(C)C(C(=O)O)N2C1=O. The predicted molar refractivity (Wildman–Crippen MR) is 91.0 cm³/mol. The molecule has 2 heterocycles. The number of thioether (sulfide) groups is 1. The van der Waals surface area contributed by atoms with E-state index in [9.17, 15) is 14.7 Å². The molecule has 2 rings (SSSR count). The molecule has 0 bridgehead atoms. The van der Waals surface area contributed by atoms with Crippen molar-refractivity contribution in [2.24, 2.45) is 5.41 Å². The summed E-state index contributed by atoms with van der Waals surface area (Å²) in [7, 11) is 1.86. The average molecular weight is 344 g/mol. The van der Waals surface area contributed by atoms with Crippen LogP contribution in [-0.2, 0) is 9.59 Å². The van der Waals surface area contributed by atoms with Crippen molar-refractivity contribution < 1.29 is 14.7 Å². The van der Waals surface area contributed by atoms with Gasteiger partial charge in [-0.25, -0.2) is 4.79 Å². The number of fused-ring (bicyclic) bond motifs is 1. The van der Waals surface area contributed by atoms with E-state index in [4.69, 9.17) is 0 Å². The van der Waals surface area contributed by atoms with Gasteiger partial charge in [0.25, 0.3) is 0 Å². The van der Waals surface area contributed by atoms with E-state index in [-0.39, 0.29) is 23.5 Å². The fourth-order valence-corrected chi connectivity index (χ4v) is 4.89. The molecule has 0 aromatic rings. The van der Waals surface area contributed by atoms with Gasteiger partial charge in [-0.15, -0.1) is 11.8 Å². The summed E-state index contributed by atoms with van der Waals surface area (Å²) in [6, 6.07) is -1.08. The second-order valence-corrected chi connectivity index (χ2v) is 8.23. The van der Waals surface area contributed by atoms with Crippen LogP contribution in [0.25, 0.3) is 0 Å². The summed E-state index contributed by atoms with van der Waals surface area (Å²) in [6.45, 7) is 6.37. The number of carbonyl (C=O) groups excluding carboxylic acids is 1. The molecule has 0 spiro atoms. The maximum Gasteiger partial charge on any atom is 0.327 e. The normalized spacial score (nSPS) is 31.6. The first-order valence-corrected chi connectivity index (χ1v) is 9.13. The van der Waals surface area contributed by atoms with Crippen molar-refractivity contribution in [2.75, 3.05) is 19.5 Å². The van der Waals surface area contributed by atoms with Crippen LogP contribution in [0.4, 0.5) is 0 Å². The summed E-state index contributed by atoms with van der Waals surface area (Å²) in [6.07, 6.45) is 1.59. The molecule has 2 fully saturated rings. The standard InChI is InChI=1S/C15H28N4O3S/c1-9(16-4)17-8-18-10-5-6-23-11-7-15(2,3)12(14(21)22)19(11)13(10)20/h9-12,16-18H,5-8H2,1-4H3,(H,21,22)/t9-,10?,11?,12?/m1/s1. The van der Waals surface area contributed by atoms with Gasteiger partial charge in [0.2, 0.25) is 5.91 Å². The summed E-state index contributed by atoms with van der Waals surface area (Å²) < 4.78 is 0. The Morgan fingerprint density at radius 3 is 2.83 bits per heavy atom. The van der Waals surface area contributed by atoms with Crippen LogP contribution in [0, 0.1) is 5.41 Å². The molecular formula is C15H28N4O3S. The van der Waals surface area contributed by atoms with E-state index in [1.165, 1.54) is 0 Å². The van der Waals surface area contributed by atoms with Crippen LogP contribution in [-0.4, -0.2) is 65.0 Å². The van der Waals surface area contributed by atoms with E-state index in [2.05, 4.69) is 16.0 Å². The average Bonchev–Trinajstić information content (AvgIpc) is 2.66. The van der Waals surface area contributed by atoms with Gasteiger partial charge in [0.1, 0.15) is 6.04 Å². The van der Waals surface area contributed by atoms with Gasteiger partial charge in [-0.3, -0.25) is 15.4 Å². The van der Waals surface area contributed by atoms with E-state index in [1.807, 2.05) is 27.8 Å². The lowest BCUT2D eigenvalue weighted by atomic mass is 9.84. The Hall–Kier alpha value is -0.830. The first-order valence-electron chi connectivity index (χ1n) is 8.08. The van der Waals surface area contributed by atoms with E-state index in [0.717, 1.165) is 18.6 Å². The molecule has 0 aromatic heterocycles. The zero-order valence-electron chi connectivity index (χ0n) is 14.3. The van der Waals surface area contributed by atoms with Crippen LogP contribution in [0.1, 0.15) is 33.6 Å². The number of carbonyl (C=O) groups is 2. The van der Waals surface area contributed by atoms with Gasteiger partial charge in [-0.2, -0.15) is 0 Å². The molecule has 132 valence electrons. The summed E-state index contributed by atoms with van der Waals surface area (Å²) in [5.41, 5.74) is -0.403. The Bertz CT molecular complexity index is 460. The van der Waals surface area contributed by atoms with Crippen LogP contribution in [0.3, 0.4) is 0 Å². The van der Waals surface area contributed by atoms with Crippen LogP contribution < -0.4 is 16.0 Å². The quantitative estimate of drug-likeness (QED) is 0.513. The van der Waals surface area contributed by atoms with E-state index < -0.39 is 17.4 Å². The Morgan fingerprint density at radius 2 is 2.22 bits per heavy atom. The molecular weight excluding hydrogens is 316 g/mol. The number of nitrogens with one attached hydrogen (secondary N) is 3. The first-order chi connectivity index (χ1) is 10.8. The minimum atomic E-state index is -0.908. The zero-order chi connectivity index (χ0) is 17.2. The van der Waals surface area contributed by atoms with E-state index in [1.54, 1.807) is 16.7 Å². The third-order valence-electron chi connectivity index (χ3n) is 4.72. The molecule has 2 saturated heterocycles. The molecule has 0 saturated carbocycles. The van der Waals surface area contributed by atoms with Gasteiger partial charge >= 0.3 is 5.97 Å². The highest BCUT2D eigenvalue weighted by Gasteiger charge is 2.54. The van der Waals surface area contributed by atoms with Gasteiger partial charge in [-0.1, -0.05) is 13.8 Å². The van der Waals surface area contributed by atoms with Crippen LogP contribution in [0.2, 0.25) is 0 Å². The molecule has 0 aliphatic carbocycles. The number of carboxylic acids is 1. The molecule has 1 amide bonds. The molecule has 2 aliphatic rings. The van der Waals surface area contributed by atoms with Crippen molar-refractivity contribution in [2.45, 2.75) is 57.2 Å². The molecule has 4 atom stereocenters. The molecule has 2 aliphatic heterocycles. The molecule has 3 unspecified atom stereocenters. The summed E-state index contributed by atoms with van der Waals surface area (Å²) in [5.74, 6) is -0.139. The molecule has 7 nitrogen and oxygen atoms in total. The summed E-state index contributed by atoms with van der Waals surface area (Å²) in [4.78, 5) is 26.3. The number of carboxylic acid groups (broad SMARTS) is 1. The largest absolute Gasteiger partial charge is 0.480 e. The Labute approximate surface area is 141 Å². The van der Waals surface area contributed by atoms with Crippen molar-refractivity contribution >= 4 is 23.6 Å². The number of nitrogens with zero attached hydrogens (tertiary/aromatic N) is 1. The highest BCUT2D eigenvalue weighted by atomic mass is 32.2. The van der Waals surface area contributed by atoms with Crippen LogP contribution in [0.15, 0.2) is 0 Å².